The normalized spacial score (nSPS) is 16.9. The van der Waals surface area contributed by atoms with Crippen LogP contribution in [0.25, 0.3) is 11.3 Å². The van der Waals surface area contributed by atoms with E-state index < -0.39 is 0 Å². The van der Waals surface area contributed by atoms with Gasteiger partial charge < -0.3 is 24.7 Å². The van der Waals surface area contributed by atoms with E-state index in [0.29, 0.717) is 19.3 Å². The van der Waals surface area contributed by atoms with Crippen LogP contribution in [0.4, 0.5) is 11.4 Å². The molecule has 4 aromatic rings. The number of aromatic nitrogens is 1. The van der Waals surface area contributed by atoms with E-state index in [1.807, 2.05) is 12.1 Å². The molecule has 1 aromatic heterocycles. The number of aromatic amines is 1. The summed E-state index contributed by atoms with van der Waals surface area (Å²) in [6.45, 7) is 6.13. The molecule has 4 heterocycles. The van der Waals surface area contributed by atoms with Gasteiger partial charge in [0, 0.05) is 67.7 Å². The molecular formula is C33H34N4O3. The lowest BCUT2D eigenvalue weighted by atomic mass is 9.96. The molecule has 7 nitrogen and oxygen atoms in total. The quantitative estimate of drug-likeness (QED) is 0.309. The molecule has 2 N–H and O–H groups in total. The lowest BCUT2D eigenvalue weighted by molar-refractivity contribution is 0.122. The highest BCUT2D eigenvalue weighted by atomic mass is 16.5. The van der Waals surface area contributed by atoms with Crippen LogP contribution in [-0.2, 0) is 17.6 Å². The maximum atomic E-state index is 12.6. The van der Waals surface area contributed by atoms with Crippen LogP contribution < -0.4 is 20.5 Å². The van der Waals surface area contributed by atoms with E-state index in [4.69, 9.17) is 9.47 Å². The van der Waals surface area contributed by atoms with Crippen molar-refractivity contribution in [3.63, 3.8) is 0 Å². The van der Waals surface area contributed by atoms with Crippen molar-refractivity contribution in [1.82, 2.24) is 9.88 Å². The monoisotopic (exact) mass is 534 g/mol. The zero-order valence-electron chi connectivity index (χ0n) is 22.6. The second-order valence-corrected chi connectivity index (χ2v) is 10.9. The Bertz CT molecular complexity index is 1560. The molecule has 0 radical (unpaired) electrons. The summed E-state index contributed by atoms with van der Waals surface area (Å²) in [5, 5.41) is 3.71. The van der Waals surface area contributed by atoms with Crippen molar-refractivity contribution < 1.29 is 9.47 Å². The van der Waals surface area contributed by atoms with Crippen LogP contribution >= 0.6 is 0 Å². The average Bonchev–Trinajstić information content (AvgIpc) is 2.97. The molecule has 3 aliphatic rings. The number of hydrogen-bond donors (Lipinski definition) is 2. The van der Waals surface area contributed by atoms with E-state index in [2.05, 4.69) is 80.8 Å². The number of hydrogen-bond acceptors (Lipinski definition) is 6. The maximum Gasteiger partial charge on any atom is 0.250 e. The third-order valence-electron chi connectivity index (χ3n) is 8.13. The molecule has 2 saturated heterocycles. The molecule has 0 aliphatic carbocycles. The minimum absolute atomic E-state index is 0.113. The van der Waals surface area contributed by atoms with Gasteiger partial charge in [-0.25, -0.2) is 0 Å². The number of nitrogens with zero attached hydrogens (tertiary/aromatic N) is 2. The van der Waals surface area contributed by atoms with Crippen molar-refractivity contribution in [2.45, 2.75) is 18.9 Å². The minimum Gasteiger partial charge on any atom is -0.456 e. The summed E-state index contributed by atoms with van der Waals surface area (Å²) in [5.74, 6) is 1.69. The summed E-state index contributed by atoms with van der Waals surface area (Å²) >= 11 is 0. The lowest BCUT2D eigenvalue weighted by Crippen LogP contribution is -2.55. The number of H-pyrrole nitrogens is 1. The lowest BCUT2D eigenvalue weighted by Gasteiger charge is -2.40. The fourth-order valence-electron chi connectivity index (χ4n) is 5.97. The van der Waals surface area contributed by atoms with Crippen molar-refractivity contribution in [3.8, 4) is 22.8 Å². The van der Waals surface area contributed by atoms with Crippen LogP contribution in [0.1, 0.15) is 16.7 Å². The van der Waals surface area contributed by atoms with E-state index in [1.165, 1.54) is 11.1 Å². The van der Waals surface area contributed by atoms with Gasteiger partial charge in [0.05, 0.1) is 24.9 Å². The Morgan fingerprint density at radius 3 is 2.60 bits per heavy atom. The molecule has 2 fully saturated rings. The van der Waals surface area contributed by atoms with Crippen LogP contribution in [0.2, 0.25) is 0 Å². The van der Waals surface area contributed by atoms with Crippen molar-refractivity contribution in [2.24, 2.45) is 0 Å². The maximum absolute atomic E-state index is 12.6. The molecule has 0 unspecified atom stereocenters. The highest BCUT2D eigenvalue weighted by molar-refractivity contribution is 5.74. The van der Waals surface area contributed by atoms with Gasteiger partial charge >= 0.3 is 0 Å². The van der Waals surface area contributed by atoms with Crippen molar-refractivity contribution in [3.05, 3.63) is 106 Å². The predicted molar refractivity (Wildman–Crippen MR) is 159 cm³/mol. The number of nitrogens with one attached hydrogen (secondary N) is 2. The van der Waals surface area contributed by atoms with Gasteiger partial charge in [-0.2, -0.15) is 0 Å². The molecule has 7 rings (SSSR count). The van der Waals surface area contributed by atoms with E-state index >= 15 is 0 Å². The first-order valence-corrected chi connectivity index (χ1v) is 14.2. The molecule has 0 bridgehead atoms. The zero-order valence-corrected chi connectivity index (χ0v) is 22.6. The van der Waals surface area contributed by atoms with Crippen molar-refractivity contribution >= 4 is 11.4 Å². The topological polar surface area (TPSA) is 69.8 Å². The molecule has 3 aromatic carbocycles. The fourth-order valence-corrected chi connectivity index (χ4v) is 5.97. The Morgan fingerprint density at radius 2 is 1.75 bits per heavy atom. The standard InChI is InChI=1S/C33H34N4O3/c38-32-20-28(37-13-15-39-16-14-37)19-30(35-32)29-8-4-7-24-17-25-18-26(9-10-31(25)40-33(24)29)34-27-21-36(22-27)12-11-23-5-2-1-3-6-23/h1-10,18-20,27,34H,11-17,21-22H2,(H,35,38). The molecule has 0 amide bonds. The Kier molecular flexibility index (Phi) is 6.75. The summed E-state index contributed by atoms with van der Waals surface area (Å²) in [5.41, 5.74) is 7.31. The highest BCUT2D eigenvalue weighted by Gasteiger charge is 2.27. The number of ether oxygens (including phenoxy) is 2. The SMILES string of the molecule is O=c1cc(N2CCOCC2)cc(-c2cccc3c2Oc2ccc(NC4CN(CCc5ccccc5)C4)cc2C3)[nH]1. The molecular weight excluding hydrogens is 500 g/mol. The van der Waals surface area contributed by atoms with Gasteiger partial charge in [-0.1, -0.05) is 42.5 Å². The van der Waals surface area contributed by atoms with Crippen molar-refractivity contribution in [2.75, 3.05) is 56.2 Å². The summed E-state index contributed by atoms with van der Waals surface area (Å²) < 4.78 is 12.0. The summed E-state index contributed by atoms with van der Waals surface area (Å²) in [6.07, 6.45) is 1.88. The number of anilines is 2. The summed E-state index contributed by atoms with van der Waals surface area (Å²) in [7, 11) is 0. The minimum atomic E-state index is -0.113. The number of benzene rings is 3. The third kappa shape index (κ3) is 5.22. The van der Waals surface area contributed by atoms with Crippen LogP contribution in [-0.4, -0.2) is 61.9 Å². The van der Waals surface area contributed by atoms with Crippen LogP contribution in [0.5, 0.6) is 11.5 Å². The van der Waals surface area contributed by atoms with Crippen LogP contribution in [0.3, 0.4) is 0 Å². The first kappa shape index (κ1) is 24.9. The number of rotatable bonds is 7. The molecule has 3 aliphatic heterocycles. The Morgan fingerprint density at radius 1 is 0.900 bits per heavy atom. The second-order valence-electron chi connectivity index (χ2n) is 10.9. The fraction of sp³-hybridized carbons (Fsp3) is 0.303. The highest BCUT2D eigenvalue weighted by Crippen LogP contribution is 2.43. The van der Waals surface area contributed by atoms with E-state index in [0.717, 1.165) is 85.3 Å². The molecule has 7 heteroatoms. The average molecular weight is 535 g/mol. The summed E-state index contributed by atoms with van der Waals surface area (Å²) in [4.78, 5) is 20.3. The number of morpholine rings is 1. The van der Waals surface area contributed by atoms with Gasteiger partial charge in [0.2, 0.25) is 5.56 Å². The summed E-state index contributed by atoms with van der Waals surface area (Å²) in [6, 6.07) is 27.5. The molecule has 0 saturated carbocycles. The third-order valence-corrected chi connectivity index (χ3v) is 8.13. The molecule has 0 spiro atoms. The zero-order chi connectivity index (χ0) is 26.9. The smallest absolute Gasteiger partial charge is 0.250 e. The number of likely N-dealkylation sites (tertiary alicyclic amines) is 1. The Balaban J connectivity index is 1.03. The van der Waals surface area contributed by atoms with Gasteiger partial charge in [0.25, 0.3) is 0 Å². The predicted octanol–water partition coefficient (Wildman–Crippen LogP) is 4.91. The van der Waals surface area contributed by atoms with Gasteiger partial charge in [0.15, 0.2) is 0 Å². The molecule has 204 valence electrons. The number of pyridine rings is 1. The van der Waals surface area contributed by atoms with Crippen LogP contribution in [0, 0.1) is 0 Å². The van der Waals surface area contributed by atoms with E-state index in [-0.39, 0.29) is 5.56 Å². The van der Waals surface area contributed by atoms with Gasteiger partial charge in [-0.05, 0) is 47.9 Å². The first-order valence-electron chi connectivity index (χ1n) is 14.2. The first-order chi connectivity index (χ1) is 19.7. The number of para-hydroxylation sites is 1. The molecule has 0 atom stereocenters. The van der Waals surface area contributed by atoms with Crippen LogP contribution in [0.15, 0.2) is 83.7 Å². The van der Waals surface area contributed by atoms with E-state index in [1.54, 1.807) is 6.07 Å². The largest absolute Gasteiger partial charge is 0.456 e. The van der Waals surface area contributed by atoms with Gasteiger partial charge in [-0.3, -0.25) is 9.69 Å². The van der Waals surface area contributed by atoms with Gasteiger partial charge in [0.1, 0.15) is 11.5 Å². The van der Waals surface area contributed by atoms with Crippen molar-refractivity contribution in [1.29, 1.82) is 0 Å². The number of fused-ring (bicyclic) bond motifs is 2. The Hall–Kier alpha value is -4.07. The second kappa shape index (κ2) is 10.8. The van der Waals surface area contributed by atoms with Gasteiger partial charge in [-0.15, -0.1) is 0 Å². The molecule has 40 heavy (non-hydrogen) atoms. The Labute approximate surface area is 234 Å². The van der Waals surface area contributed by atoms with E-state index in [9.17, 15) is 4.79 Å².